The van der Waals surface area contributed by atoms with Crippen LogP contribution in [0, 0.1) is 5.41 Å². The highest BCUT2D eigenvalue weighted by Gasteiger charge is 2.26. The molecule has 0 fully saturated rings. The number of hydrogen-bond acceptors (Lipinski definition) is 5. The van der Waals surface area contributed by atoms with Crippen LogP contribution in [-0.4, -0.2) is 26.1 Å². The molecule has 0 aliphatic rings. The Labute approximate surface area is 167 Å². The van der Waals surface area contributed by atoms with Gasteiger partial charge in [0, 0.05) is 29.1 Å². The second kappa shape index (κ2) is 7.35. The molecule has 1 amide bonds. The second-order valence-corrected chi connectivity index (χ2v) is 7.40. The summed E-state index contributed by atoms with van der Waals surface area (Å²) in [4.78, 5) is 21.3. The number of aromatic amines is 1. The topological polar surface area (TPSA) is 96.7 Å². The van der Waals surface area contributed by atoms with Gasteiger partial charge in [0.05, 0.1) is 5.56 Å². The summed E-state index contributed by atoms with van der Waals surface area (Å²) in [6.45, 7) is 7.51. The molecule has 0 saturated heterocycles. The van der Waals surface area contributed by atoms with Crippen molar-refractivity contribution in [1.82, 2.24) is 20.2 Å². The number of amides is 1. The van der Waals surface area contributed by atoms with Crippen LogP contribution in [0.1, 0.15) is 20.3 Å². The minimum absolute atomic E-state index is 0.0678. The van der Waals surface area contributed by atoms with Gasteiger partial charge in [-0.25, -0.2) is 4.98 Å². The quantitative estimate of drug-likeness (QED) is 0.462. The zero-order chi connectivity index (χ0) is 20.4. The lowest BCUT2D eigenvalue weighted by molar-refractivity contribution is -0.123. The van der Waals surface area contributed by atoms with Crippen molar-refractivity contribution in [2.24, 2.45) is 5.41 Å². The molecule has 0 atom stereocenters. The van der Waals surface area contributed by atoms with E-state index in [9.17, 15) is 4.79 Å². The van der Waals surface area contributed by atoms with Crippen molar-refractivity contribution in [2.45, 2.75) is 20.3 Å². The summed E-state index contributed by atoms with van der Waals surface area (Å²) in [5.74, 6) is 0.367. The van der Waals surface area contributed by atoms with Crippen molar-refractivity contribution >= 4 is 22.8 Å². The minimum atomic E-state index is -0.541. The fourth-order valence-corrected chi connectivity index (χ4v) is 3.06. The Morgan fingerprint density at radius 1 is 1.31 bits per heavy atom. The number of nitrogens with zero attached hydrogens (tertiary/aromatic N) is 3. The number of H-pyrrole nitrogens is 1. The van der Waals surface area contributed by atoms with E-state index in [0.29, 0.717) is 34.9 Å². The van der Waals surface area contributed by atoms with Gasteiger partial charge in [0.25, 0.3) is 0 Å². The molecular formula is C22H21N5O2. The van der Waals surface area contributed by atoms with Crippen molar-refractivity contribution in [3.05, 3.63) is 61.4 Å². The number of oxazole rings is 1. The van der Waals surface area contributed by atoms with Crippen LogP contribution in [-0.2, 0) is 4.79 Å². The standard InChI is InChI=1S/C22H21N5O2/c1-4-10-22(2,3)21(28)25-15-8-5-7-14(12-15)18-16(13-24-27-18)20-26-19-17(29-20)9-6-11-23-19/h4-9,11-13H,1,10H2,2-3H3,(H,24,27)(H,25,28). The maximum atomic E-state index is 12.6. The number of fused-ring (bicyclic) bond motifs is 1. The number of carbonyl (C=O) groups excluding carboxylic acids is 1. The molecule has 7 heteroatoms. The number of benzene rings is 1. The Hall–Kier alpha value is -3.74. The maximum Gasteiger partial charge on any atom is 0.232 e. The Balaban J connectivity index is 1.65. The largest absolute Gasteiger partial charge is 0.434 e. The van der Waals surface area contributed by atoms with E-state index in [-0.39, 0.29) is 5.91 Å². The molecular weight excluding hydrogens is 366 g/mol. The molecule has 29 heavy (non-hydrogen) atoms. The molecule has 0 aliphatic carbocycles. The molecule has 2 N–H and O–H groups in total. The number of nitrogens with one attached hydrogen (secondary N) is 2. The predicted octanol–water partition coefficient (Wildman–Crippen LogP) is 4.82. The van der Waals surface area contributed by atoms with Crippen LogP contribution in [0.25, 0.3) is 33.9 Å². The molecule has 3 aromatic heterocycles. The van der Waals surface area contributed by atoms with Crippen molar-refractivity contribution < 1.29 is 9.21 Å². The molecule has 3 heterocycles. The fraction of sp³-hybridized carbons (Fsp3) is 0.182. The number of allylic oxidation sites excluding steroid dienone is 1. The van der Waals surface area contributed by atoms with Crippen LogP contribution in [0.5, 0.6) is 0 Å². The monoisotopic (exact) mass is 387 g/mol. The van der Waals surface area contributed by atoms with Crippen LogP contribution in [0.2, 0.25) is 0 Å². The highest BCUT2D eigenvalue weighted by molar-refractivity contribution is 5.95. The Bertz CT molecular complexity index is 1160. The minimum Gasteiger partial charge on any atom is -0.434 e. The summed E-state index contributed by atoms with van der Waals surface area (Å²) >= 11 is 0. The molecule has 7 nitrogen and oxygen atoms in total. The maximum absolute atomic E-state index is 12.6. The third-order valence-corrected chi connectivity index (χ3v) is 4.70. The van der Waals surface area contributed by atoms with Crippen molar-refractivity contribution in [1.29, 1.82) is 0 Å². The number of carbonyl (C=O) groups is 1. The molecule has 0 saturated carbocycles. The first-order valence-electron chi connectivity index (χ1n) is 9.26. The lowest BCUT2D eigenvalue weighted by Crippen LogP contribution is -2.30. The van der Waals surface area contributed by atoms with E-state index in [2.05, 4.69) is 32.1 Å². The van der Waals surface area contributed by atoms with Crippen molar-refractivity contribution in [2.75, 3.05) is 5.32 Å². The van der Waals surface area contributed by atoms with Crippen molar-refractivity contribution in [3.8, 4) is 22.7 Å². The molecule has 0 radical (unpaired) electrons. The molecule has 4 aromatic rings. The van der Waals surface area contributed by atoms with Crippen LogP contribution in [0.4, 0.5) is 5.69 Å². The van der Waals surface area contributed by atoms with Crippen molar-refractivity contribution in [3.63, 3.8) is 0 Å². The van der Waals surface area contributed by atoms with Crippen LogP contribution in [0.15, 0.2) is 65.9 Å². The predicted molar refractivity (Wildman–Crippen MR) is 112 cm³/mol. The van der Waals surface area contributed by atoms with Gasteiger partial charge in [-0.05, 0) is 30.7 Å². The van der Waals surface area contributed by atoms with E-state index in [1.54, 1.807) is 24.5 Å². The molecule has 0 unspecified atom stereocenters. The Morgan fingerprint density at radius 2 is 2.17 bits per heavy atom. The normalized spacial score (nSPS) is 11.5. The van der Waals surface area contributed by atoms with E-state index in [0.717, 1.165) is 11.1 Å². The number of anilines is 1. The summed E-state index contributed by atoms with van der Waals surface area (Å²) in [5, 5.41) is 10.2. The third kappa shape index (κ3) is 3.67. The van der Waals surface area contributed by atoms with E-state index in [4.69, 9.17) is 4.42 Å². The van der Waals surface area contributed by atoms with Gasteiger partial charge in [-0.2, -0.15) is 10.1 Å². The van der Waals surface area contributed by atoms with E-state index in [1.807, 2.05) is 44.2 Å². The lowest BCUT2D eigenvalue weighted by Gasteiger charge is -2.22. The SMILES string of the molecule is C=CCC(C)(C)C(=O)Nc1cccc(-c2n[nH]cc2-c2nc3ncccc3o2)c1. The molecule has 0 bridgehead atoms. The zero-order valence-electron chi connectivity index (χ0n) is 16.3. The third-order valence-electron chi connectivity index (χ3n) is 4.70. The second-order valence-electron chi connectivity index (χ2n) is 7.40. The van der Waals surface area contributed by atoms with Gasteiger partial charge in [-0.15, -0.1) is 6.58 Å². The van der Waals surface area contributed by atoms with Gasteiger partial charge in [0.2, 0.25) is 11.8 Å². The summed E-state index contributed by atoms with van der Waals surface area (Å²) < 4.78 is 5.83. The summed E-state index contributed by atoms with van der Waals surface area (Å²) in [6, 6.07) is 11.1. The highest BCUT2D eigenvalue weighted by atomic mass is 16.3. The molecule has 4 rings (SSSR count). The van der Waals surface area contributed by atoms with Gasteiger partial charge in [0.15, 0.2) is 11.2 Å². The average Bonchev–Trinajstić information content (AvgIpc) is 3.34. The number of hydrogen-bond donors (Lipinski definition) is 2. The molecule has 146 valence electrons. The summed E-state index contributed by atoms with van der Waals surface area (Å²) in [5.41, 5.74) is 3.53. The smallest absolute Gasteiger partial charge is 0.232 e. The Morgan fingerprint density at radius 3 is 2.97 bits per heavy atom. The van der Waals surface area contributed by atoms with E-state index >= 15 is 0 Å². The van der Waals surface area contributed by atoms with Crippen LogP contribution in [0.3, 0.4) is 0 Å². The van der Waals surface area contributed by atoms with Gasteiger partial charge in [-0.3, -0.25) is 9.89 Å². The number of pyridine rings is 1. The van der Waals surface area contributed by atoms with Gasteiger partial charge in [-0.1, -0.05) is 32.1 Å². The number of rotatable bonds is 6. The number of aromatic nitrogens is 4. The molecule has 0 spiro atoms. The zero-order valence-corrected chi connectivity index (χ0v) is 16.3. The highest BCUT2D eigenvalue weighted by Crippen LogP contribution is 2.32. The average molecular weight is 387 g/mol. The van der Waals surface area contributed by atoms with Gasteiger partial charge < -0.3 is 9.73 Å². The van der Waals surface area contributed by atoms with Gasteiger partial charge in [0.1, 0.15) is 5.69 Å². The lowest BCUT2D eigenvalue weighted by atomic mass is 9.88. The van der Waals surface area contributed by atoms with Gasteiger partial charge >= 0.3 is 0 Å². The molecule has 0 aliphatic heterocycles. The first kappa shape index (κ1) is 18.6. The fourth-order valence-electron chi connectivity index (χ4n) is 3.06. The van der Waals surface area contributed by atoms with E-state index in [1.165, 1.54) is 0 Å². The molecule has 1 aromatic carbocycles. The Kier molecular flexibility index (Phi) is 4.72. The first-order chi connectivity index (χ1) is 14.0. The van der Waals surface area contributed by atoms with E-state index < -0.39 is 5.41 Å². The van der Waals surface area contributed by atoms with Crippen LogP contribution < -0.4 is 5.32 Å². The van der Waals surface area contributed by atoms with Crippen LogP contribution >= 0.6 is 0 Å². The first-order valence-corrected chi connectivity index (χ1v) is 9.26. The summed E-state index contributed by atoms with van der Waals surface area (Å²) in [7, 11) is 0. The summed E-state index contributed by atoms with van der Waals surface area (Å²) in [6.07, 6.45) is 5.75.